The molecule has 2 aromatic carbocycles. The van der Waals surface area contributed by atoms with E-state index in [4.69, 9.17) is 28.9 Å². The fourth-order valence-electron chi connectivity index (χ4n) is 2.41. The van der Waals surface area contributed by atoms with Crippen molar-refractivity contribution in [2.24, 2.45) is 5.73 Å². The van der Waals surface area contributed by atoms with E-state index in [9.17, 15) is 0 Å². The molecule has 0 bridgehead atoms. The molecule has 0 spiro atoms. The van der Waals surface area contributed by atoms with Gasteiger partial charge in [0.05, 0.1) is 0 Å². The molecule has 0 fully saturated rings. The Hall–Kier alpha value is -1.22. The van der Waals surface area contributed by atoms with E-state index in [0.717, 1.165) is 34.3 Å². The summed E-state index contributed by atoms with van der Waals surface area (Å²) in [7, 11) is 2.05. The molecule has 0 aromatic heterocycles. The van der Waals surface area contributed by atoms with Crippen LogP contribution >= 0.6 is 23.2 Å². The van der Waals surface area contributed by atoms with E-state index in [1.165, 1.54) is 5.56 Å². The number of hydrogen-bond donors (Lipinski definition) is 1. The molecule has 0 radical (unpaired) electrons. The van der Waals surface area contributed by atoms with E-state index in [1.807, 2.05) is 37.3 Å². The number of nitrogens with two attached hydrogens (primary N) is 1. The fourth-order valence-corrected chi connectivity index (χ4v) is 2.79. The molecule has 2 aromatic rings. The normalized spacial score (nSPS) is 12.2. The first-order valence-corrected chi connectivity index (χ1v) is 7.71. The van der Waals surface area contributed by atoms with Crippen molar-refractivity contribution in [1.29, 1.82) is 0 Å². The van der Waals surface area contributed by atoms with Crippen molar-refractivity contribution in [3.63, 3.8) is 0 Å². The Bertz CT molecular complexity index is 611. The lowest BCUT2D eigenvalue weighted by atomic mass is 10.0. The van der Waals surface area contributed by atoms with Gasteiger partial charge in [-0.15, -0.1) is 0 Å². The fraction of sp³-hybridized carbons (Fsp3) is 0.294. The monoisotopic (exact) mass is 322 g/mol. The molecule has 0 aliphatic rings. The summed E-state index contributed by atoms with van der Waals surface area (Å²) in [5.74, 6) is 0. The molecule has 0 aliphatic carbocycles. The number of halogens is 2. The van der Waals surface area contributed by atoms with Crippen LogP contribution in [0, 0.1) is 0 Å². The zero-order valence-corrected chi connectivity index (χ0v) is 13.8. The van der Waals surface area contributed by atoms with Crippen LogP contribution in [-0.4, -0.2) is 13.1 Å². The minimum Gasteiger partial charge on any atom is -0.370 e. The Morgan fingerprint density at radius 1 is 1.10 bits per heavy atom. The lowest BCUT2D eigenvalue weighted by molar-refractivity contribution is 0.734. The summed E-state index contributed by atoms with van der Waals surface area (Å²) in [4.78, 5) is 2.18. The average Bonchev–Trinajstić information content (AvgIpc) is 2.40. The molecule has 2 rings (SSSR count). The van der Waals surface area contributed by atoms with Crippen LogP contribution in [0.4, 0.5) is 5.69 Å². The molecule has 2 N–H and O–H groups in total. The lowest BCUT2D eigenvalue weighted by Gasteiger charge is -2.24. The molecular formula is C17H20Cl2N2. The highest BCUT2D eigenvalue weighted by Gasteiger charge is 2.11. The van der Waals surface area contributed by atoms with Crippen LogP contribution in [0.25, 0.3) is 0 Å². The third kappa shape index (κ3) is 4.63. The van der Waals surface area contributed by atoms with Crippen LogP contribution in [-0.2, 0) is 13.0 Å². The lowest BCUT2D eigenvalue weighted by Crippen LogP contribution is -2.22. The van der Waals surface area contributed by atoms with Gasteiger partial charge >= 0.3 is 0 Å². The Morgan fingerprint density at radius 2 is 1.81 bits per heavy atom. The van der Waals surface area contributed by atoms with Crippen molar-refractivity contribution >= 4 is 28.9 Å². The van der Waals surface area contributed by atoms with Crippen LogP contribution in [0.3, 0.4) is 0 Å². The van der Waals surface area contributed by atoms with Gasteiger partial charge < -0.3 is 10.6 Å². The van der Waals surface area contributed by atoms with Gasteiger partial charge in [0, 0.05) is 35.4 Å². The molecule has 21 heavy (non-hydrogen) atoms. The summed E-state index contributed by atoms with van der Waals surface area (Å²) >= 11 is 12.2. The molecule has 0 aliphatic heterocycles. The summed E-state index contributed by atoms with van der Waals surface area (Å²) in [6.45, 7) is 2.78. The van der Waals surface area contributed by atoms with E-state index >= 15 is 0 Å². The second-order valence-electron chi connectivity index (χ2n) is 5.44. The highest BCUT2D eigenvalue weighted by Crippen LogP contribution is 2.26. The molecule has 0 saturated heterocycles. The third-order valence-corrected chi connectivity index (χ3v) is 3.78. The van der Waals surface area contributed by atoms with Crippen molar-refractivity contribution in [3.8, 4) is 0 Å². The molecular weight excluding hydrogens is 303 g/mol. The summed E-state index contributed by atoms with van der Waals surface area (Å²) in [5.41, 5.74) is 9.42. The van der Waals surface area contributed by atoms with Gasteiger partial charge in [0.2, 0.25) is 0 Å². The molecule has 1 atom stereocenters. The number of hydrogen-bond acceptors (Lipinski definition) is 2. The van der Waals surface area contributed by atoms with E-state index in [-0.39, 0.29) is 6.04 Å². The van der Waals surface area contributed by atoms with E-state index in [0.29, 0.717) is 0 Å². The number of nitrogens with zero attached hydrogens (tertiary/aromatic N) is 1. The standard InChI is InChI=1S/C17H20Cl2N2/c1-12(20)8-14-6-7-16(19)10-17(14)21(2)11-13-4-3-5-15(18)9-13/h3-7,9-10,12H,8,11,20H2,1-2H3. The highest BCUT2D eigenvalue weighted by molar-refractivity contribution is 6.31. The molecule has 4 heteroatoms. The van der Waals surface area contributed by atoms with Crippen molar-refractivity contribution in [2.75, 3.05) is 11.9 Å². The van der Waals surface area contributed by atoms with E-state index in [2.05, 4.69) is 24.1 Å². The maximum absolute atomic E-state index is 6.15. The third-order valence-electron chi connectivity index (χ3n) is 3.31. The van der Waals surface area contributed by atoms with Gasteiger partial charge in [0.25, 0.3) is 0 Å². The summed E-state index contributed by atoms with van der Waals surface area (Å²) in [6, 6.07) is 14.0. The second kappa shape index (κ2) is 7.17. The first-order chi connectivity index (χ1) is 9.95. The summed E-state index contributed by atoms with van der Waals surface area (Å²) in [5, 5.41) is 1.49. The number of rotatable bonds is 5. The van der Waals surface area contributed by atoms with Crippen molar-refractivity contribution in [1.82, 2.24) is 0 Å². The summed E-state index contributed by atoms with van der Waals surface area (Å²) < 4.78 is 0. The molecule has 0 amide bonds. The van der Waals surface area contributed by atoms with Gasteiger partial charge in [-0.2, -0.15) is 0 Å². The number of anilines is 1. The minimum atomic E-state index is 0.115. The second-order valence-corrected chi connectivity index (χ2v) is 6.31. The molecule has 0 heterocycles. The first-order valence-electron chi connectivity index (χ1n) is 6.95. The predicted octanol–water partition coefficient (Wildman–Crippen LogP) is 4.52. The van der Waals surface area contributed by atoms with E-state index < -0.39 is 0 Å². The maximum Gasteiger partial charge on any atom is 0.0426 e. The van der Waals surface area contributed by atoms with Crippen LogP contribution in [0.1, 0.15) is 18.1 Å². The van der Waals surface area contributed by atoms with Crippen LogP contribution < -0.4 is 10.6 Å². The zero-order chi connectivity index (χ0) is 15.4. The largest absolute Gasteiger partial charge is 0.370 e. The molecule has 112 valence electrons. The van der Waals surface area contributed by atoms with E-state index in [1.54, 1.807) is 0 Å². The number of benzene rings is 2. The maximum atomic E-state index is 6.15. The van der Waals surface area contributed by atoms with Crippen LogP contribution in [0.2, 0.25) is 10.0 Å². The highest BCUT2D eigenvalue weighted by atomic mass is 35.5. The van der Waals surface area contributed by atoms with Gasteiger partial charge in [-0.05, 0) is 48.7 Å². The molecule has 0 saturated carbocycles. The van der Waals surface area contributed by atoms with Gasteiger partial charge in [0.15, 0.2) is 0 Å². The van der Waals surface area contributed by atoms with Crippen molar-refractivity contribution < 1.29 is 0 Å². The predicted molar refractivity (Wildman–Crippen MR) is 92.4 cm³/mol. The topological polar surface area (TPSA) is 29.3 Å². The van der Waals surface area contributed by atoms with Crippen LogP contribution in [0.15, 0.2) is 42.5 Å². The Morgan fingerprint density at radius 3 is 2.48 bits per heavy atom. The Balaban J connectivity index is 2.25. The zero-order valence-electron chi connectivity index (χ0n) is 12.3. The molecule has 1 unspecified atom stereocenters. The van der Waals surface area contributed by atoms with Gasteiger partial charge in [0.1, 0.15) is 0 Å². The SMILES string of the molecule is CC(N)Cc1ccc(Cl)cc1N(C)Cc1cccc(Cl)c1. The minimum absolute atomic E-state index is 0.115. The quantitative estimate of drug-likeness (QED) is 0.876. The van der Waals surface area contributed by atoms with Crippen LogP contribution in [0.5, 0.6) is 0 Å². The smallest absolute Gasteiger partial charge is 0.0426 e. The van der Waals surface area contributed by atoms with Gasteiger partial charge in [-0.3, -0.25) is 0 Å². The summed E-state index contributed by atoms with van der Waals surface area (Å²) in [6.07, 6.45) is 0.826. The van der Waals surface area contributed by atoms with Crippen molar-refractivity contribution in [2.45, 2.75) is 25.9 Å². The Kier molecular flexibility index (Phi) is 5.51. The average molecular weight is 323 g/mol. The van der Waals surface area contributed by atoms with Gasteiger partial charge in [-0.1, -0.05) is 41.4 Å². The molecule has 2 nitrogen and oxygen atoms in total. The first kappa shape index (κ1) is 16.2. The van der Waals surface area contributed by atoms with Gasteiger partial charge in [-0.25, -0.2) is 0 Å². The van der Waals surface area contributed by atoms with Crippen molar-refractivity contribution in [3.05, 3.63) is 63.6 Å². The Labute approximate surface area is 136 Å².